The molecule has 1 fully saturated rings. The Morgan fingerprint density at radius 1 is 1.19 bits per heavy atom. The minimum Gasteiger partial charge on any atom is -0.298 e. The molecule has 0 amide bonds. The van der Waals surface area contributed by atoms with Gasteiger partial charge in [0, 0.05) is 5.92 Å². The molecule has 0 aromatic carbocycles. The summed E-state index contributed by atoms with van der Waals surface area (Å²) in [6.07, 6.45) is 6.62. The van der Waals surface area contributed by atoms with Crippen molar-refractivity contribution in [3.63, 3.8) is 0 Å². The Morgan fingerprint density at radius 2 is 1.88 bits per heavy atom. The van der Waals surface area contributed by atoms with Gasteiger partial charge in [-0.15, -0.1) is 0 Å². The van der Waals surface area contributed by atoms with Crippen molar-refractivity contribution in [3.8, 4) is 0 Å². The number of alkyl halides is 1. The summed E-state index contributed by atoms with van der Waals surface area (Å²) in [5.41, 5.74) is 3.65. The third kappa shape index (κ3) is 1.53. The number of halogens is 1. The van der Waals surface area contributed by atoms with E-state index in [0.717, 1.165) is 25.7 Å². The lowest BCUT2D eigenvalue weighted by Crippen LogP contribution is -2.28. The molecule has 0 radical (unpaired) electrons. The third-order valence-electron chi connectivity index (χ3n) is 4.57. The van der Waals surface area contributed by atoms with Gasteiger partial charge < -0.3 is 0 Å². The third-order valence-corrected chi connectivity index (χ3v) is 5.64. The van der Waals surface area contributed by atoms with E-state index < -0.39 is 0 Å². The summed E-state index contributed by atoms with van der Waals surface area (Å²) >= 11 is 3.74. The highest BCUT2D eigenvalue weighted by Crippen LogP contribution is 2.54. The molecule has 16 heavy (non-hydrogen) atoms. The van der Waals surface area contributed by atoms with Crippen molar-refractivity contribution in [1.29, 1.82) is 0 Å². The summed E-state index contributed by atoms with van der Waals surface area (Å²) in [6, 6.07) is 0. The highest BCUT2D eigenvalue weighted by molar-refractivity contribution is 9.10. The Balaban J connectivity index is 1.95. The lowest BCUT2D eigenvalue weighted by Gasteiger charge is -2.23. The molecule has 1 nitrogen and oxygen atoms in total. The van der Waals surface area contributed by atoms with Gasteiger partial charge in [0.15, 0.2) is 5.78 Å². The number of hydrogen-bond donors (Lipinski definition) is 0. The van der Waals surface area contributed by atoms with Crippen LogP contribution >= 0.6 is 15.9 Å². The second-order valence-electron chi connectivity index (χ2n) is 6.67. The van der Waals surface area contributed by atoms with Gasteiger partial charge in [0.05, 0.1) is 4.32 Å². The number of hydrogen-bond acceptors (Lipinski definition) is 1. The van der Waals surface area contributed by atoms with Crippen molar-refractivity contribution in [3.05, 3.63) is 11.1 Å². The number of Topliss-reactive ketones (excluding diaryl/α,β-unsaturated/α-hetero) is 1. The summed E-state index contributed by atoms with van der Waals surface area (Å²) in [5.74, 6) is 0.806. The summed E-state index contributed by atoms with van der Waals surface area (Å²) in [7, 11) is 0. The first-order valence-electron chi connectivity index (χ1n) is 6.33. The molecule has 2 heteroatoms. The molecule has 0 saturated heterocycles. The van der Waals surface area contributed by atoms with E-state index in [0.29, 0.717) is 17.1 Å². The highest BCUT2D eigenvalue weighted by Gasteiger charge is 2.50. The number of ketones is 1. The quantitative estimate of drug-likeness (QED) is 0.485. The van der Waals surface area contributed by atoms with Crippen LogP contribution in [0, 0.1) is 11.3 Å². The van der Waals surface area contributed by atoms with Crippen molar-refractivity contribution >= 4 is 21.7 Å². The maximum Gasteiger partial charge on any atom is 0.153 e. The number of rotatable bonds is 0. The van der Waals surface area contributed by atoms with Crippen molar-refractivity contribution in [2.45, 2.75) is 56.7 Å². The van der Waals surface area contributed by atoms with Gasteiger partial charge in [0.2, 0.25) is 0 Å². The minimum atomic E-state index is -0.185. The zero-order chi connectivity index (χ0) is 11.6. The molecule has 2 atom stereocenters. The van der Waals surface area contributed by atoms with E-state index in [1.54, 1.807) is 11.1 Å². The van der Waals surface area contributed by atoms with Gasteiger partial charge in [-0.2, -0.15) is 0 Å². The largest absolute Gasteiger partial charge is 0.298 e. The number of carbonyl (C=O) groups is 1. The van der Waals surface area contributed by atoms with E-state index in [1.165, 1.54) is 12.8 Å². The molecular weight excluding hydrogens is 264 g/mol. The molecule has 3 aliphatic rings. The smallest absolute Gasteiger partial charge is 0.153 e. The molecule has 0 spiro atoms. The predicted octanol–water partition coefficient (Wildman–Crippen LogP) is 4.01. The second kappa shape index (κ2) is 3.22. The van der Waals surface area contributed by atoms with Crippen molar-refractivity contribution in [2.24, 2.45) is 11.3 Å². The van der Waals surface area contributed by atoms with Crippen LogP contribution in [0.4, 0.5) is 0 Å². The average Bonchev–Trinajstić information content (AvgIpc) is 2.54. The van der Waals surface area contributed by atoms with Crippen molar-refractivity contribution < 1.29 is 4.79 Å². The molecule has 0 aliphatic heterocycles. The molecule has 2 unspecified atom stereocenters. The van der Waals surface area contributed by atoms with Crippen LogP contribution in [0.15, 0.2) is 11.1 Å². The number of fused-ring (bicyclic) bond motifs is 2. The standard InChI is InChI=1S/C14H19BrO/c1-13(2)6-10-5-9-3-4-14(15,12(9)16)8-11(10)7-13/h9H,3-8H2,1-2H3. The zero-order valence-electron chi connectivity index (χ0n) is 10.1. The van der Waals surface area contributed by atoms with Crippen LogP contribution in [-0.2, 0) is 4.79 Å². The van der Waals surface area contributed by atoms with Crippen LogP contribution in [0.25, 0.3) is 0 Å². The Kier molecular flexibility index (Phi) is 2.21. The molecule has 0 heterocycles. The van der Waals surface area contributed by atoms with E-state index in [4.69, 9.17) is 0 Å². The fraction of sp³-hybridized carbons (Fsp3) is 0.786. The Hall–Kier alpha value is -0.110. The van der Waals surface area contributed by atoms with Crippen LogP contribution in [0.2, 0.25) is 0 Å². The zero-order valence-corrected chi connectivity index (χ0v) is 11.7. The molecular formula is C14H19BrO. The van der Waals surface area contributed by atoms with Crippen LogP contribution < -0.4 is 0 Å². The molecule has 3 rings (SSSR count). The van der Waals surface area contributed by atoms with Gasteiger partial charge in [-0.1, -0.05) is 40.9 Å². The fourth-order valence-electron chi connectivity index (χ4n) is 3.90. The first-order chi connectivity index (χ1) is 7.40. The predicted molar refractivity (Wildman–Crippen MR) is 68.7 cm³/mol. The van der Waals surface area contributed by atoms with Gasteiger partial charge in [-0.25, -0.2) is 0 Å². The first kappa shape index (κ1) is 11.0. The van der Waals surface area contributed by atoms with Gasteiger partial charge in [-0.05, 0) is 43.9 Å². The van der Waals surface area contributed by atoms with Gasteiger partial charge >= 0.3 is 0 Å². The van der Waals surface area contributed by atoms with Gasteiger partial charge in [0.25, 0.3) is 0 Å². The Bertz CT molecular complexity index is 394. The molecule has 3 aliphatic carbocycles. The molecule has 1 saturated carbocycles. The molecule has 2 bridgehead atoms. The van der Waals surface area contributed by atoms with Crippen molar-refractivity contribution in [1.82, 2.24) is 0 Å². The van der Waals surface area contributed by atoms with Crippen LogP contribution in [0.3, 0.4) is 0 Å². The van der Waals surface area contributed by atoms with E-state index in [-0.39, 0.29) is 4.32 Å². The molecule has 0 aromatic heterocycles. The minimum absolute atomic E-state index is 0.185. The average molecular weight is 283 g/mol. The van der Waals surface area contributed by atoms with E-state index in [2.05, 4.69) is 29.8 Å². The summed E-state index contributed by atoms with van der Waals surface area (Å²) in [5, 5.41) is 0. The molecule has 88 valence electrons. The number of allylic oxidation sites excluding steroid dienone is 2. The summed E-state index contributed by atoms with van der Waals surface area (Å²) in [4.78, 5) is 12.2. The van der Waals surface area contributed by atoms with Crippen LogP contribution in [-0.4, -0.2) is 10.1 Å². The Morgan fingerprint density at radius 3 is 2.62 bits per heavy atom. The Labute approximate surface area is 106 Å². The lowest BCUT2D eigenvalue weighted by atomic mass is 9.85. The lowest BCUT2D eigenvalue weighted by molar-refractivity contribution is -0.122. The molecule has 0 aromatic rings. The monoisotopic (exact) mass is 282 g/mol. The SMILES string of the molecule is CC1(C)CC2=C(C1)CC1(Br)CCC(C2)C1=O. The topological polar surface area (TPSA) is 17.1 Å². The summed E-state index contributed by atoms with van der Waals surface area (Å²) < 4.78 is -0.185. The highest BCUT2D eigenvalue weighted by atomic mass is 79.9. The second-order valence-corrected chi connectivity index (χ2v) is 8.19. The van der Waals surface area contributed by atoms with Crippen molar-refractivity contribution in [2.75, 3.05) is 0 Å². The van der Waals surface area contributed by atoms with E-state index in [9.17, 15) is 4.79 Å². The molecule has 0 N–H and O–H groups in total. The summed E-state index contributed by atoms with van der Waals surface area (Å²) in [6.45, 7) is 4.71. The normalized spacial score (nSPS) is 41.2. The first-order valence-corrected chi connectivity index (χ1v) is 7.12. The maximum atomic E-state index is 12.2. The van der Waals surface area contributed by atoms with Gasteiger partial charge in [0.1, 0.15) is 0 Å². The van der Waals surface area contributed by atoms with Gasteiger partial charge in [-0.3, -0.25) is 4.79 Å². The maximum absolute atomic E-state index is 12.2. The van der Waals surface area contributed by atoms with Crippen LogP contribution in [0.1, 0.15) is 52.4 Å². The fourth-order valence-corrected chi connectivity index (χ4v) is 4.79. The van der Waals surface area contributed by atoms with E-state index >= 15 is 0 Å². The number of carbonyl (C=O) groups excluding carboxylic acids is 1. The van der Waals surface area contributed by atoms with E-state index in [1.807, 2.05) is 0 Å². The van der Waals surface area contributed by atoms with Crippen LogP contribution in [0.5, 0.6) is 0 Å².